The molecule has 41 heavy (non-hydrogen) atoms. The van der Waals surface area contributed by atoms with E-state index in [2.05, 4.69) is 21.3 Å². The molecule has 3 amide bonds. The van der Waals surface area contributed by atoms with Crippen molar-refractivity contribution in [3.05, 3.63) is 47.5 Å². The number of phenols is 2. The minimum atomic E-state index is -1.03. The molecule has 3 unspecified atom stereocenters. The Morgan fingerprint density at radius 2 is 1.61 bits per heavy atom. The standard InChI is InChI=1S/C30H42N6O5/c31-11-3-5-24-30(41)36-25(29(40)34-13-10-22-4-1-2-12-33-22)17-21-15-19(7-9-27(21)38)18-6-8-26(37)20(14-18)16-23(32)28(39)35-24/h6-9,14-15,22-25,33,37-38H,1-5,10-13,16-17,31-32H2,(H,34,40)(H,35,39)(H,36,41)/t22?,23?,24-,25?/m0/s1. The highest BCUT2D eigenvalue weighted by Gasteiger charge is 2.29. The summed E-state index contributed by atoms with van der Waals surface area (Å²) in [4.78, 5) is 39.9. The van der Waals surface area contributed by atoms with Gasteiger partial charge in [0.2, 0.25) is 17.7 Å². The summed E-state index contributed by atoms with van der Waals surface area (Å²) in [5.41, 5.74) is 14.3. The topological polar surface area (TPSA) is 192 Å². The lowest BCUT2D eigenvalue weighted by Crippen LogP contribution is -2.56. The van der Waals surface area contributed by atoms with Crippen molar-refractivity contribution in [1.29, 1.82) is 0 Å². The van der Waals surface area contributed by atoms with Gasteiger partial charge in [0, 0.05) is 25.4 Å². The predicted octanol–water partition coefficient (Wildman–Crippen LogP) is 0.548. The molecule has 2 aromatic rings. The molecule has 11 heteroatoms. The van der Waals surface area contributed by atoms with Crippen LogP contribution in [0, 0.1) is 0 Å². The van der Waals surface area contributed by atoms with Gasteiger partial charge in [0.15, 0.2) is 0 Å². The van der Waals surface area contributed by atoms with E-state index < -0.39 is 29.9 Å². The van der Waals surface area contributed by atoms with E-state index in [-0.39, 0.29) is 36.7 Å². The number of nitrogens with one attached hydrogen (secondary N) is 4. The van der Waals surface area contributed by atoms with Crippen LogP contribution < -0.4 is 32.7 Å². The second kappa shape index (κ2) is 14.3. The molecule has 10 N–H and O–H groups in total. The summed E-state index contributed by atoms with van der Waals surface area (Å²) >= 11 is 0. The van der Waals surface area contributed by atoms with E-state index in [0.717, 1.165) is 43.4 Å². The lowest BCUT2D eigenvalue weighted by molar-refractivity contribution is -0.132. The fourth-order valence-corrected chi connectivity index (χ4v) is 5.42. The molecule has 222 valence electrons. The molecule has 0 aliphatic carbocycles. The Morgan fingerprint density at radius 3 is 2.24 bits per heavy atom. The van der Waals surface area contributed by atoms with E-state index in [4.69, 9.17) is 11.5 Å². The first kappa shape index (κ1) is 30.3. The summed E-state index contributed by atoms with van der Waals surface area (Å²) in [5.74, 6) is -1.48. The van der Waals surface area contributed by atoms with Crippen LogP contribution in [0.2, 0.25) is 0 Å². The van der Waals surface area contributed by atoms with Gasteiger partial charge in [-0.1, -0.05) is 18.6 Å². The third kappa shape index (κ3) is 8.18. The molecule has 1 saturated heterocycles. The van der Waals surface area contributed by atoms with Crippen molar-refractivity contribution in [2.24, 2.45) is 11.5 Å². The maximum atomic E-state index is 13.5. The number of carbonyl (C=O) groups is 3. The highest BCUT2D eigenvalue weighted by molar-refractivity contribution is 5.93. The van der Waals surface area contributed by atoms with E-state index in [1.807, 2.05) is 0 Å². The van der Waals surface area contributed by atoms with E-state index >= 15 is 0 Å². The van der Waals surface area contributed by atoms with Gasteiger partial charge in [0.25, 0.3) is 0 Å². The quantitative estimate of drug-likeness (QED) is 0.238. The van der Waals surface area contributed by atoms with E-state index in [1.165, 1.54) is 6.07 Å². The number of rotatable bonds is 7. The second-order valence-corrected chi connectivity index (χ2v) is 11.0. The molecule has 2 aliphatic heterocycles. The van der Waals surface area contributed by atoms with Gasteiger partial charge in [-0.15, -0.1) is 0 Å². The summed E-state index contributed by atoms with van der Waals surface area (Å²) in [6, 6.07) is 7.38. The predicted molar refractivity (Wildman–Crippen MR) is 156 cm³/mol. The first-order valence-corrected chi connectivity index (χ1v) is 14.5. The molecule has 0 spiro atoms. The highest BCUT2D eigenvalue weighted by Crippen LogP contribution is 2.31. The number of carbonyl (C=O) groups excluding carboxylic acids is 3. The van der Waals surface area contributed by atoms with Gasteiger partial charge in [-0.25, -0.2) is 0 Å². The highest BCUT2D eigenvalue weighted by atomic mass is 16.3. The van der Waals surface area contributed by atoms with Crippen LogP contribution in [0.3, 0.4) is 0 Å². The first-order valence-electron chi connectivity index (χ1n) is 14.5. The zero-order valence-electron chi connectivity index (χ0n) is 23.3. The van der Waals surface area contributed by atoms with Crippen molar-refractivity contribution in [1.82, 2.24) is 21.3 Å². The molecular formula is C30H42N6O5. The van der Waals surface area contributed by atoms with Gasteiger partial charge in [0.05, 0.1) is 6.04 Å². The van der Waals surface area contributed by atoms with Gasteiger partial charge in [-0.05, 0) is 91.7 Å². The Kier molecular flexibility index (Phi) is 10.6. The number of nitrogens with two attached hydrogens (primary N) is 2. The second-order valence-electron chi connectivity index (χ2n) is 11.0. The largest absolute Gasteiger partial charge is 0.508 e. The Morgan fingerprint density at radius 1 is 0.927 bits per heavy atom. The Hall–Kier alpha value is -3.67. The smallest absolute Gasteiger partial charge is 0.243 e. The molecule has 4 rings (SSSR count). The molecular weight excluding hydrogens is 524 g/mol. The molecule has 4 bridgehead atoms. The molecule has 0 radical (unpaired) electrons. The van der Waals surface area contributed by atoms with Crippen LogP contribution in [0.25, 0.3) is 11.1 Å². The number of hydrogen-bond acceptors (Lipinski definition) is 8. The number of benzene rings is 2. The number of aromatic hydroxyl groups is 2. The van der Waals surface area contributed by atoms with Crippen molar-refractivity contribution in [2.45, 2.75) is 75.5 Å². The van der Waals surface area contributed by atoms with Crippen LogP contribution in [0.15, 0.2) is 36.4 Å². The zero-order chi connectivity index (χ0) is 29.4. The summed E-state index contributed by atoms with van der Waals surface area (Å²) in [6.07, 6.45) is 4.92. The summed E-state index contributed by atoms with van der Waals surface area (Å²) < 4.78 is 0. The summed E-state index contributed by atoms with van der Waals surface area (Å²) in [6.45, 7) is 1.72. The Balaban J connectivity index is 1.65. The van der Waals surface area contributed by atoms with Gasteiger partial charge < -0.3 is 42.9 Å². The Bertz CT molecular complexity index is 1230. The summed E-state index contributed by atoms with van der Waals surface area (Å²) in [5, 5.41) is 33.1. The van der Waals surface area contributed by atoms with Crippen LogP contribution in [-0.2, 0) is 27.2 Å². The monoisotopic (exact) mass is 566 g/mol. The van der Waals surface area contributed by atoms with Gasteiger partial charge in [-0.3, -0.25) is 14.4 Å². The molecule has 11 nitrogen and oxygen atoms in total. The Labute approximate surface area is 240 Å². The molecule has 2 heterocycles. The normalized spacial score (nSPS) is 23.5. The SMILES string of the molecule is NCCC[C@@H]1NC(=O)C(N)Cc2cc(ccc2O)-c2ccc(O)c(c2)CC(C(=O)NCCC2CCCCN2)NC1=O. The van der Waals surface area contributed by atoms with Gasteiger partial charge in [0.1, 0.15) is 23.6 Å². The minimum Gasteiger partial charge on any atom is -0.508 e. The number of amides is 3. The fraction of sp³-hybridized carbons (Fsp3) is 0.500. The molecule has 2 aromatic carbocycles. The third-order valence-corrected chi connectivity index (χ3v) is 7.86. The van der Waals surface area contributed by atoms with E-state index in [0.29, 0.717) is 36.7 Å². The average Bonchev–Trinajstić information content (AvgIpc) is 2.97. The number of phenolic OH excluding ortho intramolecular Hbond substituents is 2. The van der Waals surface area contributed by atoms with Crippen LogP contribution in [-0.4, -0.2) is 71.7 Å². The molecule has 4 atom stereocenters. The van der Waals surface area contributed by atoms with Crippen molar-refractivity contribution in [3.63, 3.8) is 0 Å². The zero-order valence-corrected chi connectivity index (χ0v) is 23.3. The summed E-state index contributed by atoms with van der Waals surface area (Å²) in [7, 11) is 0. The third-order valence-electron chi connectivity index (χ3n) is 7.86. The maximum Gasteiger partial charge on any atom is 0.243 e. The van der Waals surface area contributed by atoms with Crippen LogP contribution in [0.5, 0.6) is 11.5 Å². The molecule has 0 aromatic heterocycles. The van der Waals surface area contributed by atoms with Crippen molar-refractivity contribution >= 4 is 17.7 Å². The van der Waals surface area contributed by atoms with Crippen molar-refractivity contribution in [2.75, 3.05) is 19.6 Å². The first-order chi connectivity index (χ1) is 19.7. The lowest BCUT2D eigenvalue weighted by Gasteiger charge is -2.26. The van der Waals surface area contributed by atoms with Crippen LogP contribution in [0.4, 0.5) is 0 Å². The van der Waals surface area contributed by atoms with Crippen LogP contribution >= 0.6 is 0 Å². The van der Waals surface area contributed by atoms with E-state index in [1.54, 1.807) is 30.3 Å². The molecule has 1 fully saturated rings. The minimum absolute atomic E-state index is 0.00194. The van der Waals surface area contributed by atoms with Crippen LogP contribution in [0.1, 0.15) is 49.7 Å². The van der Waals surface area contributed by atoms with Gasteiger partial charge >= 0.3 is 0 Å². The van der Waals surface area contributed by atoms with Crippen molar-refractivity contribution in [3.8, 4) is 22.6 Å². The number of hydrogen-bond donors (Lipinski definition) is 8. The number of fused-ring (bicyclic) bond motifs is 5. The van der Waals surface area contributed by atoms with Crippen molar-refractivity contribution < 1.29 is 24.6 Å². The lowest BCUT2D eigenvalue weighted by atomic mass is 9.95. The van der Waals surface area contributed by atoms with Gasteiger partial charge in [-0.2, -0.15) is 0 Å². The average molecular weight is 567 g/mol. The van der Waals surface area contributed by atoms with E-state index in [9.17, 15) is 24.6 Å². The number of piperidine rings is 1. The fourth-order valence-electron chi connectivity index (χ4n) is 5.42. The molecule has 2 aliphatic rings. The molecule has 0 saturated carbocycles. The maximum absolute atomic E-state index is 13.5.